The highest BCUT2D eigenvalue weighted by molar-refractivity contribution is 5.66. The summed E-state index contributed by atoms with van der Waals surface area (Å²) in [4.78, 5) is 6.44. The van der Waals surface area contributed by atoms with Gasteiger partial charge in [0.05, 0.1) is 17.6 Å². The Kier molecular flexibility index (Phi) is 3.03. The molecule has 0 aromatic carbocycles. The van der Waals surface area contributed by atoms with Gasteiger partial charge in [-0.2, -0.15) is 0 Å². The Morgan fingerprint density at radius 2 is 1.88 bits per heavy atom. The normalized spacial score (nSPS) is 30.4. The second kappa shape index (κ2) is 4.32. The van der Waals surface area contributed by atoms with Crippen LogP contribution in [0.5, 0.6) is 0 Å². The van der Waals surface area contributed by atoms with Gasteiger partial charge in [0.15, 0.2) is 0 Å². The van der Waals surface area contributed by atoms with Crippen LogP contribution in [0.15, 0.2) is 18.5 Å². The number of anilines is 2. The largest absolute Gasteiger partial charge is 0.396 e. The van der Waals surface area contributed by atoms with Gasteiger partial charge in [-0.15, -0.1) is 0 Å². The van der Waals surface area contributed by atoms with Crippen molar-refractivity contribution in [1.29, 1.82) is 0 Å². The zero-order valence-corrected chi connectivity index (χ0v) is 10.4. The quantitative estimate of drug-likeness (QED) is 0.788. The Morgan fingerprint density at radius 3 is 2.44 bits per heavy atom. The van der Waals surface area contributed by atoms with E-state index in [1.54, 1.807) is 6.20 Å². The Hall–Kier alpha value is -1.25. The van der Waals surface area contributed by atoms with Crippen molar-refractivity contribution < 1.29 is 0 Å². The first-order valence-electron chi connectivity index (χ1n) is 6.04. The molecule has 0 saturated carbocycles. The molecule has 0 bridgehead atoms. The fourth-order valence-electron chi connectivity index (χ4n) is 2.55. The first kappa shape index (κ1) is 11.2. The Morgan fingerprint density at radius 1 is 1.25 bits per heavy atom. The van der Waals surface area contributed by atoms with E-state index in [0.29, 0.717) is 0 Å². The summed E-state index contributed by atoms with van der Waals surface area (Å²) in [5.41, 5.74) is 7.90. The zero-order chi connectivity index (χ0) is 11.7. The number of piperidine rings is 1. The second-order valence-electron chi connectivity index (χ2n) is 5.15. The van der Waals surface area contributed by atoms with E-state index < -0.39 is 0 Å². The fourth-order valence-corrected chi connectivity index (χ4v) is 2.55. The minimum atomic E-state index is 0.719. The summed E-state index contributed by atoms with van der Waals surface area (Å²) in [6.07, 6.45) is 3.56. The van der Waals surface area contributed by atoms with E-state index in [4.69, 9.17) is 5.73 Å². The van der Waals surface area contributed by atoms with Crippen molar-refractivity contribution in [3.8, 4) is 0 Å². The number of pyridine rings is 1. The molecule has 1 aliphatic rings. The molecule has 1 unspecified atom stereocenters. The van der Waals surface area contributed by atoms with Gasteiger partial charge in [0.2, 0.25) is 0 Å². The molecule has 1 aromatic heterocycles. The van der Waals surface area contributed by atoms with Gasteiger partial charge in [0.1, 0.15) is 0 Å². The lowest BCUT2D eigenvalue weighted by molar-refractivity contribution is 0.241. The van der Waals surface area contributed by atoms with Crippen LogP contribution in [0.1, 0.15) is 20.8 Å². The maximum absolute atomic E-state index is 5.97. The molecule has 0 radical (unpaired) electrons. The number of nitrogen functional groups attached to an aromatic ring is 1. The summed E-state index contributed by atoms with van der Waals surface area (Å²) < 4.78 is 0. The van der Waals surface area contributed by atoms with Gasteiger partial charge in [0.25, 0.3) is 0 Å². The van der Waals surface area contributed by atoms with E-state index in [9.17, 15) is 0 Å². The molecular formula is C13H21N3. The molecule has 2 N–H and O–H groups in total. The molecule has 3 heteroatoms. The molecule has 3 atom stereocenters. The van der Waals surface area contributed by atoms with Crippen LogP contribution in [0.25, 0.3) is 0 Å². The lowest BCUT2D eigenvalue weighted by Gasteiger charge is -2.41. The number of nitrogens with zero attached hydrogens (tertiary/aromatic N) is 2. The molecule has 3 nitrogen and oxygen atoms in total. The van der Waals surface area contributed by atoms with Crippen LogP contribution in [0.4, 0.5) is 11.4 Å². The van der Waals surface area contributed by atoms with Crippen LogP contribution in [0.2, 0.25) is 0 Å². The van der Waals surface area contributed by atoms with Gasteiger partial charge in [-0.1, -0.05) is 20.8 Å². The fraction of sp³-hybridized carbons (Fsp3) is 0.615. The van der Waals surface area contributed by atoms with Crippen molar-refractivity contribution in [2.75, 3.05) is 23.7 Å². The third-order valence-electron chi connectivity index (χ3n) is 3.98. The third kappa shape index (κ3) is 1.99. The molecule has 1 saturated heterocycles. The van der Waals surface area contributed by atoms with Gasteiger partial charge >= 0.3 is 0 Å². The van der Waals surface area contributed by atoms with Gasteiger partial charge in [-0.3, -0.25) is 4.98 Å². The smallest absolute Gasteiger partial charge is 0.0738 e. The Bertz CT molecular complexity index is 352. The highest BCUT2D eigenvalue weighted by Crippen LogP contribution is 2.32. The third-order valence-corrected chi connectivity index (χ3v) is 3.98. The van der Waals surface area contributed by atoms with Crippen molar-refractivity contribution in [1.82, 2.24) is 4.98 Å². The number of aromatic nitrogens is 1. The maximum atomic E-state index is 5.97. The zero-order valence-electron chi connectivity index (χ0n) is 10.4. The molecule has 0 aliphatic carbocycles. The first-order chi connectivity index (χ1) is 7.59. The molecule has 1 aliphatic heterocycles. The SMILES string of the molecule is CC1[C@H](C)CN(c2ccncc2N)C[C@@H]1C. The molecular weight excluding hydrogens is 198 g/mol. The lowest BCUT2D eigenvalue weighted by Crippen LogP contribution is -2.43. The predicted molar refractivity (Wildman–Crippen MR) is 68.4 cm³/mol. The van der Waals surface area contributed by atoms with Crippen LogP contribution < -0.4 is 10.6 Å². The molecule has 16 heavy (non-hydrogen) atoms. The summed E-state index contributed by atoms with van der Waals surface area (Å²) in [5, 5.41) is 0. The molecule has 0 spiro atoms. The Labute approximate surface area is 97.7 Å². The summed E-state index contributed by atoms with van der Waals surface area (Å²) in [6.45, 7) is 9.19. The van der Waals surface area contributed by atoms with Crippen molar-refractivity contribution in [3.05, 3.63) is 18.5 Å². The van der Waals surface area contributed by atoms with E-state index in [1.807, 2.05) is 12.3 Å². The van der Waals surface area contributed by atoms with Crippen LogP contribution in [0, 0.1) is 17.8 Å². The molecule has 2 heterocycles. The predicted octanol–water partition coefficient (Wildman–Crippen LogP) is 2.39. The standard InChI is InChI=1S/C13H21N3/c1-9-7-16(8-10(2)11(9)3)13-4-5-15-6-12(13)14/h4-6,9-11H,7-8,14H2,1-3H3/t9-,10+,11?. The molecule has 1 fully saturated rings. The highest BCUT2D eigenvalue weighted by Gasteiger charge is 2.29. The lowest BCUT2D eigenvalue weighted by atomic mass is 9.81. The number of hydrogen-bond donors (Lipinski definition) is 1. The maximum Gasteiger partial charge on any atom is 0.0738 e. The van der Waals surface area contributed by atoms with Gasteiger partial charge < -0.3 is 10.6 Å². The second-order valence-corrected chi connectivity index (χ2v) is 5.15. The van der Waals surface area contributed by atoms with E-state index in [0.717, 1.165) is 42.2 Å². The minimum Gasteiger partial charge on any atom is -0.396 e. The van der Waals surface area contributed by atoms with Crippen LogP contribution >= 0.6 is 0 Å². The minimum absolute atomic E-state index is 0.719. The van der Waals surface area contributed by atoms with Crippen molar-refractivity contribution in [2.24, 2.45) is 17.8 Å². The molecule has 0 amide bonds. The monoisotopic (exact) mass is 219 g/mol. The average molecular weight is 219 g/mol. The molecule has 1 aromatic rings. The van der Waals surface area contributed by atoms with Crippen molar-refractivity contribution in [2.45, 2.75) is 20.8 Å². The molecule has 88 valence electrons. The van der Waals surface area contributed by atoms with E-state index in [-0.39, 0.29) is 0 Å². The van der Waals surface area contributed by atoms with Gasteiger partial charge in [-0.05, 0) is 23.8 Å². The number of rotatable bonds is 1. The first-order valence-corrected chi connectivity index (χ1v) is 6.04. The van der Waals surface area contributed by atoms with Gasteiger partial charge in [-0.25, -0.2) is 0 Å². The van der Waals surface area contributed by atoms with Crippen molar-refractivity contribution >= 4 is 11.4 Å². The van der Waals surface area contributed by atoms with Crippen LogP contribution in [-0.4, -0.2) is 18.1 Å². The summed E-state index contributed by atoms with van der Waals surface area (Å²) >= 11 is 0. The summed E-state index contributed by atoms with van der Waals surface area (Å²) in [7, 11) is 0. The summed E-state index contributed by atoms with van der Waals surface area (Å²) in [5.74, 6) is 2.23. The highest BCUT2D eigenvalue weighted by atomic mass is 15.2. The van der Waals surface area contributed by atoms with E-state index in [2.05, 4.69) is 30.7 Å². The molecule has 2 rings (SSSR count). The van der Waals surface area contributed by atoms with Crippen molar-refractivity contribution in [3.63, 3.8) is 0 Å². The van der Waals surface area contributed by atoms with E-state index >= 15 is 0 Å². The van der Waals surface area contributed by atoms with E-state index in [1.165, 1.54) is 0 Å². The number of hydrogen-bond acceptors (Lipinski definition) is 3. The number of nitrogens with two attached hydrogens (primary N) is 1. The Balaban J connectivity index is 2.20. The topological polar surface area (TPSA) is 42.2 Å². The van der Waals surface area contributed by atoms with Gasteiger partial charge in [0, 0.05) is 19.3 Å². The average Bonchev–Trinajstić information content (AvgIpc) is 2.26. The summed E-state index contributed by atoms with van der Waals surface area (Å²) in [6, 6.07) is 2.02. The van der Waals surface area contributed by atoms with Crippen LogP contribution in [-0.2, 0) is 0 Å². The van der Waals surface area contributed by atoms with Crippen LogP contribution in [0.3, 0.4) is 0 Å².